The average molecular weight is 335 g/mol. The number of hydrogen-bond donors (Lipinski definition) is 1. The Morgan fingerprint density at radius 1 is 1.33 bits per heavy atom. The molecule has 1 atom stereocenters. The molecule has 1 N–H and O–H groups in total. The summed E-state index contributed by atoms with van der Waals surface area (Å²) >= 11 is 0. The number of aromatic nitrogens is 3. The van der Waals surface area contributed by atoms with Gasteiger partial charge in [0.2, 0.25) is 0 Å². The van der Waals surface area contributed by atoms with E-state index in [1.807, 2.05) is 4.90 Å². The predicted molar refractivity (Wildman–Crippen MR) is 90.7 cm³/mol. The quantitative estimate of drug-likeness (QED) is 0.864. The molecule has 1 unspecified atom stereocenters. The fourth-order valence-electron chi connectivity index (χ4n) is 3.51. The number of carbonyl (C=O) groups is 1. The Kier molecular flexibility index (Phi) is 6.07. The first-order valence-electron chi connectivity index (χ1n) is 9.33. The maximum Gasteiger partial charge on any atom is 0.317 e. The molecule has 1 fully saturated rings. The third-order valence-electron chi connectivity index (χ3n) is 4.81. The van der Waals surface area contributed by atoms with E-state index in [2.05, 4.69) is 27.0 Å². The fraction of sp³-hybridized carbons (Fsp3) is 0.824. The molecule has 0 aliphatic carbocycles. The van der Waals surface area contributed by atoms with Gasteiger partial charge in [-0.1, -0.05) is 6.92 Å². The second kappa shape index (κ2) is 8.46. The highest BCUT2D eigenvalue weighted by Crippen LogP contribution is 2.15. The molecule has 2 aliphatic heterocycles. The molecular formula is C17H29N5O2. The van der Waals surface area contributed by atoms with Crippen molar-refractivity contribution in [2.75, 3.05) is 19.7 Å². The van der Waals surface area contributed by atoms with Gasteiger partial charge in [0.05, 0.1) is 12.6 Å². The summed E-state index contributed by atoms with van der Waals surface area (Å²) in [6.45, 7) is 5.75. The van der Waals surface area contributed by atoms with Gasteiger partial charge in [-0.05, 0) is 38.5 Å². The third kappa shape index (κ3) is 4.26. The lowest BCUT2D eigenvalue weighted by molar-refractivity contribution is 0.000682. The SMILES string of the molecule is CCCN(CC1CCCCO1)C(=O)NCc1nnc2n1CCCC2. The van der Waals surface area contributed by atoms with E-state index in [0.29, 0.717) is 13.1 Å². The van der Waals surface area contributed by atoms with E-state index in [1.165, 1.54) is 12.8 Å². The number of nitrogens with zero attached hydrogens (tertiary/aromatic N) is 4. The van der Waals surface area contributed by atoms with Gasteiger partial charge in [0, 0.05) is 32.7 Å². The molecule has 0 radical (unpaired) electrons. The van der Waals surface area contributed by atoms with Crippen molar-refractivity contribution >= 4 is 6.03 Å². The molecule has 2 aliphatic rings. The number of urea groups is 1. The average Bonchev–Trinajstić information content (AvgIpc) is 3.03. The molecule has 0 spiro atoms. The molecule has 3 heterocycles. The Hall–Kier alpha value is -1.63. The minimum Gasteiger partial charge on any atom is -0.376 e. The first kappa shape index (κ1) is 17.2. The van der Waals surface area contributed by atoms with Crippen molar-refractivity contribution in [2.24, 2.45) is 0 Å². The first-order chi connectivity index (χ1) is 11.8. The minimum atomic E-state index is -0.0285. The van der Waals surface area contributed by atoms with Crippen LogP contribution in [0.4, 0.5) is 4.79 Å². The number of carbonyl (C=O) groups excluding carboxylic acids is 1. The lowest BCUT2D eigenvalue weighted by Crippen LogP contribution is -2.45. The Balaban J connectivity index is 1.54. The normalized spacial score (nSPS) is 20.5. The van der Waals surface area contributed by atoms with Crippen LogP contribution in [0.3, 0.4) is 0 Å². The van der Waals surface area contributed by atoms with Crippen molar-refractivity contribution in [3.05, 3.63) is 11.6 Å². The van der Waals surface area contributed by atoms with Crippen LogP contribution in [0.5, 0.6) is 0 Å². The Morgan fingerprint density at radius 2 is 2.25 bits per heavy atom. The molecular weight excluding hydrogens is 306 g/mol. The van der Waals surface area contributed by atoms with Crippen LogP contribution < -0.4 is 5.32 Å². The van der Waals surface area contributed by atoms with Crippen LogP contribution in [0, 0.1) is 0 Å². The van der Waals surface area contributed by atoms with Gasteiger partial charge < -0.3 is 19.5 Å². The van der Waals surface area contributed by atoms with E-state index >= 15 is 0 Å². The van der Waals surface area contributed by atoms with Gasteiger partial charge in [-0.25, -0.2) is 4.79 Å². The zero-order valence-electron chi connectivity index (χ0n) is 14.7. The van der Waals surface area contributed by atoms with Crippen LogP contribution in [-0.2, 0) is 24.2 Å². The van der Waals surface area contributed by atoms with Crippen LogP contribution in [0.25, 0.3) is 0 Å². The van der Waals surface area contributed by atoms with Gasteiger partial charge in [-0.3, -0.25) is 0 Å². The summed E-state index contributed by atoms with van der Waals surface area (Å²) in [5.74, 6) is 1.91. The molecule has 1 aromatic rings. The highest BCUT2D eigenvalue weighted by Gasteiger charge is 2.22. The molecule has 7 nitrogen and oxygen atoms in total. The summed E-state index contributed by atoms with van der Waals surface area (Å²) in [6, 6.07) is -0.0285. The molecule has 1 aromatic heterocycles. The van der Waals surface area contributed by atoms with Crippen molar-refractivity contribution < 1.29 is 9.53 Å². The fourth-order valence-corrected chi connectivity index (χ4v) is 3.51. The second-order valence-electron chi connectivity index (χ2n) is 6.73. The lowest BCUT2D eigenvalue weighted by atomic mass is 10.1. The minimum absolute atomic E-state index is 0.0285. The van der Waals surface area contributed by atoms with Crippen molar-refractivity contribution in [3.63, 3.8) is 0 Å². The lowest BCUT2D eigenvalue weighted by Gasteiger charge is -2.30. The molecule has 3 rings (SSSR count). The van der Waals surface area contributed by atoms with Crippen LogP contribution in [0.15, 0.2) is 0 Å². The van der Waals surface area contributed by atoms with Gasteiger partial charge >= 0.3 is 6.03 Å². The maximum atomic E-state index is 12.6. The van der Waals surface area contributed by atoms with Gasteiger partial charge in [-0.2, -0.15) is 0 Å². The van der Waals surface area contributed by atoms with Gasteiger partial charge in [-0.15, -0.1) is 10.2 Å². The van der Waals surface area contributed by atoms with E-state index in [9.17, 15) is 4.79 Å². The molecule has 2 amide bonds. The first-order valence-corrected chi connectivity index (χ1v) is 9.33. The summed E-state index contributed by atoms with van der Waals surface area (Å²) in [5, 5.41) is 11.5. The zero-order chi connectivity index (χ0) is 16.8. The van der Waals surface area contributed by atoms with E-state index < -0.39 is 0 Å². The summed E-state index contributed by atoms with van der Waals surface area (Å²) < 4.78 is 7.93. The predicted octanol–water partition coefficient (Wildman–Crippen LogP) is 2.11. The smallest absolute Gasteiger partial charge is 0.317 e. The number of rotatable bonds is 6. The third-order valence-corrected chi connectivity index (χ3v) is 4.81. The number of ether oxygens (including phenoxy) is 1. The summed E-state index contributed by atoms with van der Waals surface area (Å²) in [5.41, 5.74) is 0. The molecule has 7 heteroatoms. The summed E-state index contributed by atoms with van der Waals surface area (Å²) in [6.07, 6.45) is 7.82. The van der Waals surface area contributed by atoms with Crippen LogP contribution in [0.2, 0.25) is 0 Å². The van der Waals surface area contributed by atoms with E-state index in [4.69, 9.17) is 4.74 Å². The Labute approximate surface area is 143 Å². The highest BCUT2D eigenvalue weighted by atomic mass is 16.5. The van der Waals surface area contributed by atoms with E-state index in [-0.39, 0.29) is 12.1 Å². The van der Waals surface area contributed by atoms with Gasteiger partial charge in [0.1, 0.15) is 5.82 Å². The molecule has 134 valence electrons. The number of hydrogen-bond acceptors (Lipinski definition) is 4. The Bertz CT molecular complexity index is 539. The van der Waals surface area contributed by atoms with Crippen molar-refractivity contribution in [2.45, 2.75) is 71.1 Å². The number of nitrogens with one attached hydrogen (secondary N) is 1. The number of amides is 2. The van der Waals surface area contributed by atoms with Crippen molar-refractivity contribution in [3.8, 4) is 0 Å². The Morgan fingerprint density at radius 3 is 3.04 bits per heavy atom. The van der Waals surface area contributed by atoms with Crippen molar-refractivity contribution in [1.82, 2.24) is 25.0 Å². The zero-order valence-corrected chi connectivity index (χ0v) is 14.7. The van der Waals surface area contributed by atoms with Gasteiger partial charge in [0.15, 0.2) is 5.82 Å². The number of aryl methyl sites for hydroxylation is 1. The molecule has 24 heavy (non-hydrogen) atoms. The number of fused-ring (bicyclic) bond motifs is 1. The molecule has 0 saturated carbocycles. The van der Waals surface area contributed by atoms with Crippen LogP contribution in [-0.4, -0.2) is 51.5 Å². The van der Waals surface area contributed by atoms with Crippen molar-refractivity contribution in [1.29, 1.82) is 0 Å². The standard InChI is InChI=1S/C17H29N5O2/c1-2-9-21(13-14-7-4-6-11-24-14)17(23)18-12-16-20-19-15-8-3-5-10-22(15)16/h14H,2-13H2,1H3,(H,18,23). The van der Waals surface area contributed by atoms with Crippen LogP contribution >= 0.6 is 0 Å². The highest BCUT2D eigenvalue weighted by molar-refractivity contribution is 5.74. The molecule has 0 aromatic carbocycles. The largest absolute Gasteiger partial charge is 0.376 e. The van der Waals surface area contributed by atoms with Gasteiger partial charge in [0.25, 0.3) is 0 Å². The monoisotopic (exact) mass is 335 g/mol. The van der Waals surface area contributed by atoms with E-state index in [0.717, 1.165) is 63.4 Å². The van der Waals surface area contributed by atoms with E-state index in [1.54, 1.807) is 0 Å². The van der Waals surface area contributed by atoms with Crippen LogP contribution in [0.1, 0.15) is 57.1 Å². The summed E-state index contributed by atoms with van der Waals surface area (Å²) in [7, 11) is 0. The summed E-state index contributed by atoms with van der Waals surface area (Å²) in [4.78, 5) is 14.5. The second-order valence-corrected chi connectivity index (χ2v) is 6.73. The maximum absolute atomic E-state index is 12.6. The molecule has 1 saturated heterocycles. The topological polar surface area (TPSA) is 72.3 Å². The molecule has 0 bridgehead atoms.